The highest BCUT2D eigenvalue weighted by molar-refractivity contribution is 5.84. The van der Waals surface area contributed by atoms with Crippen LogP contribution in [0, 0.1) is 5.92 Å². The minimum absolute atomic E-state index is 0.477. The predicted octanol–water partition coefficient (Wildman–Crippen LogP) is 4.25. The molecule has 1 aliphatic heterocycles. The highest BCUT2D eigenvalue weighted by atomic mass is 16.5. The summed E-state index contributed by atoms with van der Waals surface area (Å²) in [7, 11) is 1.78. The van der Waals surface area contributed by atoms with E-state index >= 15 is 0 Å². The van der Waals surface area contributed by atoms with Crippen LogP contribution in [0.1, 0.15) is 59.8 Å². The van der Waals surface area contributed by atoms with Crippen LogP contribution in [0.15, 0.2) is 16.8 Å². The number of rotatable bonds is 8. The van der Waals surface area contributed by atoms with E-state index in [1.165, 1.54) is 24.1 Å². The number of hydrazone groups is 1. The summed E-state index contributed by atoms with van der Waals surface area (Å²) in [4.78, 5) is 0. The van der Waals surface area contributed by atoms with Crippen LogP contribution in [0.3, 0.4) is 0 Å². The van der Waals surface area contributed by atoms with Gasteiger partial charge in [-0.2, -0.15) is 5.10 Å². The summed E-state index contributed by atoms with van der Waals surface area (Å²) in [6.45, 7) is 10.7. The molecule has 3 heteroatoms. The van der Waals surface area contributed by atoms with Gasteiger partial charge in [0.1, 0.15) is 0 Å². The van der Waals surface area contributed by atoms with Crippen LogP contribution < -0.4 is 0 Å². The van der Waals surface area contributed by atoms with E-state index in [-0.39, 0.29) is 0 Å². The predicted molar refractivity (Wildman–Crippen MR) is 87.2 cm³/mol. The first kappa shape index (κ1) is 17.2. The Morgan fingerprint density at radius 2 is 2.15 bits per heavy atom. The summed E-state index contributed by atoms with van der Waals surface area (Å²) >= 11 is 0. The van der Waals surface area contributed by atoms with E-state index in [0.29, 0.717) is 12.0 Å². The second-order valence-electron chi connectivity index (χ2n) is 6.50. The monoisotopic (exact) mass is 280 g/mol. The maximum absolute atomic E-state index is 5.31. The molecule has 0 unspecified atom stereocenters. The minimum atomic E-state index is 0.477. The first-order valence-corrected chi connectivity index (χ1v) is 7.98. The zero-order chi connectivity index (χ0) is 15.0. The third-order valence-electron chi connectivity index (χ3n) is 3.60. The van der Waals surface area contributed by atoms with Crippen LogP contribution in [0.5, 0.6) is 0 Å². The molecule has 0 saturated carbocycles. The molecule has 0 radical (unpaired) electrons. The maximum atomic E-state index is 5.31. The molecule has 0 N–H and O–H groups in total. The lowest BCUT2D eigenvalue weighted by Crippen LogP contribution is -2.29. The summed E-state index contributed by atoms with van der Waals surface area (Å²) < 4.78 is 5.31. The van der Waals surface area contributed by atoms with E-state index in [0.717, 1.165) is 32.4 Å². The van der Waals surface area contributed by atoms with Crippen molar-refractivity contribution < 1.29 is 4.74 Å². The van der Waals surface area contributed by atoms with Gasteiger partial charge in [-0.15, -0.1) is 0 Å². The Balaban J connectivity index is 2.64. The molecule has 0 aromatic heterocycles. The molecule has 0 aromatic rings. The quantitative estimate of drug-likeness (QED) is 0.490. The number of hydrogen-bond donors (Lipinski definition) is 0. The Morgan fingerprint density at radius 1 is 1.40 bits per heavy atom. The van der Waals surface area contributed by atoms with Crippen molar-refractivity contribution in [3.63, 3.8) is 0 Å². The largest absolute Gasteiger partial charge is 0.382 e. The molecule has 116 valence electrons. The molecular weight excluding hydrogens is 248 g/mol. The molecule has 20 heavy (non-hydrogen) atoms. The molecular formula is C17H32N2O. The fourth-order valence-electron chi connectivity index (χ4n) is 2.69. The highest BCUT2D eigenvalue weighted by Crippen LogP contribution is 2.19. The third kappa shape index (κ3) is 6.56. The summed E-state index contributed by atoms with van der Waals surface area (Å²) in [6, 6.07) is 0.477. The number of methoxy groups -OCH3 is 1. The molecule has 0 aromatic carbocycles. The smallest absolute Gasteiger partial charge is 0.0704 e. The van der Waals surface area contributed by atoms with Crippen LogP contribution in [-0.4, -0.2) is 37.0 Å². The van der Waals surface area contributed by atoms with Gasteiger partial charge in [0.2, 0.25) is 0 Å². The van der Waals surface area contributed by atoms with Crippen molar-refractivity contribution in [2.24, 2.45) is 11.0 Å². The summed E-state index contributed by atoms with van der Waals surface area (Å²) in [5.41, 5.74) is 2.74. The molecule has 0 bridgehead atoms. The summed E-state index contributed by atoms with van der Waals surface area (Å²) in [5, 5.41) is 7.22. The molecule has 1 heterocycles. The average molecular weight is 280 g/mol. The lowest BCUT2D eigenvalue weighted by molar-refractivity contribution is 0.117. The third-order valence-corrected chi connectivity index (χ3v) is 3.60. The molecule has 0 aliphatic carbocycles. The fraction of sp³-hybridized carbons (Fsp3) is 0.824. The highest BCUT2D eigenvalue weighted by Gasteiger charge is 2.23. The summed E-state index contributed by atoms with van der Waals surface area (Å²) in [5.74, 6) is 0.670. The number of hydrogen-bond acceptors (Lipinski definition) is 3. The topological polar surface area (TPSA) is 24.8 Å². The van der Waals surface area contributed by atoms with Crippen molar-refractivity contribution in [1.82, 2.24) is 5.01 Å². The van der Waals surface area contributed by atoms with Gasteiger partial charge < -0.3 is 4.74 Å². The van der Waals surface area contributed by atoms with Crippen LogP contribution in [-0.2, 0) is 4.74 Å². The molecule has 0 spiro atoms. The number of ether oxygens (including phenoxy) is 1. The fourth-order valence-corrected chi connectivity index (χ4v) is 2.69. The van der Waals surface area contributed by atoms with Crippen LogP contribution in [0.4, 0.5) is 0 Å². The summed E-state index contributed by atoms with van der Waals surface area (Å²) in [6.07, 6.45) is 8.05. The van der Waals surface area contributed by atoms with E-state index in [4.69, 9.17) is 9.84 Å². The zero-order valence-electron chi connectivity index (χ0n) is 14.0. The standard InChI is InChI=1S/C17H32N2O/c1-14(2)8-6-9-16(12-15(3)4)18-19-11-7-10-17(19)13-20-5/h8,15,17H,6-7,9-13H2,1-5H3/b18-16+/t17-/m1/s1. The Kier molecular flexibility index (Phi) is 7.90. The van der Waals surface area contributed by atoms with Gasteiger partial charge in [0.15, 0.2) is 0 Å². The molecule has 1 fully saturated rings. The van der Waals surface area contributed by atoms with Gasteiger partial charge in [0.25, 0.3) is 0 Å². The Morgan fingerprint density at radius 3 is 2.75 bits per heavy atom. The van der Waals surface area contributed by atoms with E-state index in [1.54, 1.807) is 7.11 Å². The second-order valence-corrected chi connectivity index (χ2v) is 6.50. The first-order valence-electron chi connectivity index (χ1n) is 7.98. The van der Waals surface area contributed by atoms with Gasteiger partial charge in [-0.25, -0.2) is 0 Å². The van der Waals surface area contributed by atoms with Gasteiger partial charge in [0.05, 0.1) is 12.6 Å². The van der Waals surface area contributed by atoms with Gasteiger partial charge in [-0.3, -0.25) is 5.01 Å². The van der Waals surface area contributed by atoms with E-state index in [2.05, 4.69) is 38.8 Å². The van der Waals surface area contributed by atoms with Crippen molar-refractivity contribution >= 4 is 5.71 Å². The number of allylic oxidation sites excluding steroid dienone is 2. The van der Waals surface area contributed by atoms with Gasteiger partial charge >= 0.3 is 0 Å². The lowest BCUT2D eigenvalue weighted by Gasteiger charge is -2.23. The van der Waals surface area contributed by atoms with Gasteiger partial charge in [-0.05, 0) is 51.9 Å². The molecule has 1 saturated heterocycles. The second kappa shape index (κ2) is 9.17. The SMILES string of the molecule is COC[C@H]1CCCN1/N=C(\CCC=C(C)C)CC(C)C. The van der Waals surface area contributed by atoms with Crippen molar-refractivity contribution in [1.29, 1.82) is 0 Å². The number of nitrogens with zero attached hydrogens (tertiary/aromatic N) is 2. The molecule has 1 aliphatic rings. The van der Waals surface area contributed by atoms with E-state index < -0.39 is 0 Å². The normalized spacial score (nSPS) is 19.8. The lowest BCUT2D eigenvalue weighted by atomic mass is 10.0. The molecule has 3 nitrogen and oxygen atoms in total. The van der Waals surface area contributed by atoms with Crippen molar-refractivity contribution in [3.8, 4) is 0 Å². The maximum Gasteiger partial charge on any atom is 0.0704 e. The van der Waals surface area contributed by atoms with Crippen LogP contribution in [0.2, 0.25) is 0 Å². The average Bonchev–Trinajstić information content (AvgIpc) is 2.76. The van der Waals surface area contributed by atoms with E-state index in [1.807, 2.05) is 0 Å². The molecule has 0 amide bonds. The molecule has 1 rings (SSSR count). The minimum Gasteiger partial charge on any atom is -0.382 e. The van der Waals surface area contributed by atoms with Crippen molar-refractivity contribution in [2.75, 3.05) is 20.3 Å². The van der Waals surface area contributed by atoms with Gasteiger partial charge in [-0.1, -0.05) is 25.5 Å². The van der Waals surface area contributed by atoms with Crippen LogP contribution >= 0.6 is 0 Å². The Labute approximate surface area is 125 Å². The zero-order valence-corrected chi connectivity index (χ0v) is 14.0. The van der Waals surface area contributed by atoms with E-state index in [9.17, 15) is 0 Å². The van der Waals surface area contributed by atoms with Gasteiger partial charge in [0, 0.05) is 19.4 Å². The molecule has 1 atom stereocenters. The van der Waals surface area contributed by atoms with Crippen molar-refractivity contribution in [2.45, 2.75) is 65.8 Å². The van der Waals surface area contributed by atoms with Crippen molar-refractivity contribution in [3.05, 3.63) is 11.6 Å². The Bertz CT molecular complexity index is 330. The first-order chi connectivity index (χ1) is 9.52. The Hall–Kier alpha value is -0.830. The van der Waals surface area contributed by atoms with Crippen LogP contribution in [0.25, 0.3) is 0 Å².